The lowest BCUT2D eigenvalue weighted by atomic mass is 10.1. The molecule has 0 aromatic heterocycles. The van der Waals surface area contributed by atoms with Crippen molar-refractivity contribution in [2.75, 3.05) is 28.4 Å². The predicted molar refractivity (Wildman–Crippen MR) is 119 cm³/mol. The number of methoxy groups -OCH3 is 4. The van der Waals surface area contributed by atoms with Gasteiger partial charge in [-0.15, -0.1) is 0 Å². The highest BCUT2D eigenvalue weighted by Gasteiger charge is 2.26. The first-order valence-electron chi connectivity index (χ1n) is 9.13. The molecule has 9 nitrogen and oxygen atoms in total. The van der Waals surface area contributed by atoms with E-state index in [0.717, 1.165) is 11.5 Å². The molecule has 0 saturated heterocycles. The molecule has 2 N–H and O–H groups in total. The van der Waals surface area contributed by atoms with Crippen LogP contribution in [0.2, 0.25) is 0 Å². The number of phenols is 2. The summed E-state index contributed by atoms with van der Waals surface area (Å²) < 4.78 is 47.5. The zero-order valence-electron chi connectivity index (χ0n) is 18.2. The predicted octanol–water partition coefficient (Wildman–Crippen LogP) is 3.15. The zero-order chi connectivity index (χ0) is 24.1. The van der Waals surface area contributed by atoms with Crippen molar-refractivity contribution in [2.24, 2.45) is 0 Å². The highest BCUT2D eigenvalue weighted by Crippen LogP contribution is 2.42. The molecule has 32 heavy (non-hydrogen) atoms. The van der Waals surface area contributed by atoms with Gasteiger partial charge in [-0.25, -0.2) is 8.42 Å². The van der Waals surface area contributed by atoms with Crippen molar-refractivity contribution >= 4 is 26.6 Å². The van der Waals surface area contributed by atoms with Gasteiger partial charge in [-0.05, 0) is 13.0 Å². The molecular weight excluding hydrogens is 440 g/mol. The Labute approximate surface area is 186 Å². The van der Waals surface area contributed by atoms with Crippen molar-refractivity contribution in [3.05, 3.63) is 46.9 Å². The van der Waals surface area contributed by atoms with Gasteiger partial charge < -0.3 is 29.2 Å². The number of ketones is 1. The number of ether oxygens (including phenoxy) is 4. The van der Waals surface area contributed by atoms with Crippen LogP contribution in [-0.4, -0.2) is 52.9 Å². The summed E-state index contributed by atoms with van der Waals surface area (Å²) in [5.74, 6) is -0.549. The molecule has 0 aliphatic rings. The highest BCUT2D eigenvalue weighted by molar-refractivity contribution is 8.03. The Morgan fingerprint density at radius 1 is 0.812 bits per heavy atom. The summed E-state index contributed by atoms with van der Waals surface area (Å²) in [6.45, 7) is 1.20. The van der Waals surface area contributed by atoms with Crippen molar-refractivity contribution in [1.82, 2.24) is 0 Å². The summed E-state index contributed by atoms with van der Waals surface area (Å²) in [6.07, 6.45) is 2.15. The molecule has 2 aromatic rings. The average molecular weight is 464 g/mol. The van der Waals surface area contributed by atoms with Gasteiger partial charge >= 0.3 is 0 Å². The number of carbonyl (C=O) groups excluding carboxylic acids is 1. The average Bonchev–Trinajstić information content (AvgIpc) is 2.75. The topological polar surface area (TPSA) is 129 Å². The van der Waals surface area contributed by atoms with E-state index in [0.29, 0.717) is 0 Å². The fourth-order valence-corrected chi connectivity index (χ4v) is 4.22. The number of phenolic OH excluding ortho intramolecular Hbond substituents is 2. The van der Waals surface area contributed by atoms with E-state index in [2.05, 4.69) is 0 Å². The lowest BCUT2D eigenvalue weighted by Gasteiger charge is -2.16. The van der Waals surface area contributed by atoms with Gasteiger partial charge in [0.05, 0.1) is 44.5 Å². The van der Waals surface area contributed by atoms with Crippen molar-refractivity contribution in [1.29, 1.82) is 0 Å². The van der Waals surface area contributed by atoms with Crippen molar-refractivity contribution in [3.8, 4) is 34.5 Å². The Hall–Kier alpha value is -3.66. The number of sulfone groups is 1. The lowest BCUT2D eigenvalue weighted by Crippen LogP contribution is -2.06. The van der Waals surface area contributed by atoms with Gasteiger partial charge in [0, 0.05) is 35.7 Å². The Morgan fingerprint density at radius 2 is 1.22 bits per heavy atom. The first kappa shape index (κ1) is 24.6. The monoisotopic (exact) mass is 464 g/mol. The van der Waals surface area contributed by atoms with Gasteiger partial charge in [-0.2, -0.15) is 0 Å². The quantitative estimate of drug-likeness (QED) is 0.538. The molecule has 0 amide bonds. The molecule has 0 fully saturated rings. The van der Waals surface area contributed by atoms with E-state index >= 15 is 0 Å². The molecule has 0 radical (unpaired) electrons. The van der Waals surface area contributed by atoms with Crippen LogP contribution in [0.3, 0.4) is 0 Å². The van der Waals surface area contributed by atoms with Crippen LogP contribution in [0.25, 0.3) is 11.0 Å². The molecule has 0 aliphatic heterocycles. The molecule has 0 atom stereocenters. The second-order valence-electron chi connectivity index (χ2n) is 6.46. The number of benzene rings is 2. The third-order valence-electron chi connectivity index (χ3n) is 4.32. The summed E-state index contributed by atoms with van der Waals surface area (Å²) in [4.78, 5) is 11.5. The standard InChI is InChI=1S/C22H24O9S/c1-13(23)8-21(22-19(30-4)11-15(25)12-20(22)31-5)32(26,27)7-6-16-17(28-2)9-14(24)10-18(16)29-3/h6-12,24-25H,1-5H3/b7-6?,21-8-. The molecule has 2 aromatic carbocycles. The molecular formula is C22H24O9S. The van der Waals surface area contributed by atoms with E-state index in [-0.39, 0.29) is 45.6 Å². The fourth-order valence-electron chi connectivity index (χ4n) is 2.94. The molecule has 0 spiro atoms. The lowest BCUT2D eigenvalue weighted by molar-refractivity contribution is -0.112. The first-order chi connectivity index (χ1) is 15.1. The maximum Gasteiger partial charge on any atom is 0.200 e. The molecule has 2 rings (SSSR count). The summed E-state index contributed by atoms with van der Waals surface area (Å²) >= 11 is 0. The van der Waals surface area contributed by atoms with Crippen molar-refractivity contribution in [3.63, 3.8) is 0 Å². The SMILES string of the molecule is COc1cc(O)cc(OC)c1C=CS(=O)(=O)/C(=C\C(C)=O)c1c(OC)cc(O)cc1OC. The van der Waals surface area contributed by atoms with Crippen LogP contribution in [-0.2, 0) is 14.6 Å². The van der Waals surface area contributed by atoms with Crippen LogP contribution in [0.4, 0.5) is 0 Å². The fraction of sp³-hybridized carbons (Fsp3) is 0.227. The second kappa shape index (κ2) is 10.1. The third kappa shape index (κ3) is 5.33. The molecule has 0 heterocycles. The van der Waals surface area contributed by atoms with Crippen LogP contribution in [0.15, 0.2) is 35.7 Å². The van der Waals surface area contributed by atoms with Gasteiger partial charge in [0.15, 0.2) is 5.78 Å². The first-order valence-corrected chi connectivity index (χ1v) is 10.7. The number of aromatic hydroxyl groups is 2. The molecule has 0 unspecified atom stereocenters. The highest BCUT2D eigenvalue weighted by atomic mass is 32.2. The number of hydrogen-bond donors (Lipinski definition) is 2. The van der Waals surface area contributed by atoms with Crippen LogP contribution < -0.4 is 18.9 Å². The van der Waals surface area contributed by atoms with Gasteiger partial charge in [0.2, 0.25) is 9.84 Å². The molecule has 0 bridgehead atoms. The van der Waals surface area contributed by atoms with E-state index in [1.165, 1.54) is 65.7 Å². The molecule has 0 aliphatic carbocycles. The van der Waals surface area contributed by atoms with Crippen molar-refractivity contribution in [2.45, 2.75) is 6.92 Å². The van der Waals surface area contributed by atoms with Crippen molar-refractivity contribution < 1.29 is 42.4 Å². The largest absolute Gasteiger partial charge is 0.508 e. The van der Waals surface area contributed by atoms with E-state index in [9.17, 15) is 23.4 Å². The molecule has 172 valence electrons. The van der Waals surface area contributed by atoms with Crippen LogP contribution in [0.1, 0.15) is 18.1 Å². The molecule has 0 saturated carbocycles. The summed E-state index contributed by atoms with van der Waals surface area (Å²) in [5.41, 5.74) is 0.223. The Kier molecular flexibility index (Phi) is 7.77. The Morgan fingerprint density at radius 3 is 1.59 bits per heavy atom. The van der Waals surface area contributed by atoms with E-state index in [1.54, 1.807) is 0 Å². The van der Waals surface area contributed by atoms with Crippen LogP contribution >= 0.6 is 0 Å². The van der Waals surface area contributed by atoms with Gasteiger partial charge in [-0.3, -0.25) is 4.79 Å². The summed E-state index contributed by atoms with van der Waals surface area (Å²) in [5, 5.41) is 20.5. The molecule has 10 heteroatoms. The zero-order valence-corrected chi connectivity index (χ0v) is 19.0. The van der Waals surface area contributed by atoms with Crippen LogP contribution in [0, 0.1) is 0 Å². The third-order valence-corrected chi connectivity index (χ3v) is 5.75. The summed E-state index contributed by atoms with van der Waals surface area (Å²) in [7, 11) is 1.03. The number of allylic oxidation sites excluding steroid dienone is 1. The second-order valence-corrected chi connectivity index (χ2v) is 8.26. The van der Waals surface area contributed by atoms with Crippen LogP contribution in [0.5, 0.6) is 34.5 Å². The van der Waals surface area contributed by atoms with Gasteiger partial charge in [0.25, 0.3) is 0 Å². The normalized spacial score (nSPS) is 12.0. The smallest absolute Gasteiger partial charge is 0.200 e. The minimum Gasteiger partial charge on any atom is -0.508 e. The Bertz CT molecular complexity index is 1130. The van der Waals surface area contributed by atoms with E-state index in [4.69, 9.17) is 18.9 Å². The Balaban J connectivity index is 2.74. The number of hydrogen-bond acceptors (Lipinski definition) is 9. The number of rotatable bonds is 9. The minimum absolute atomic E-state index is 0.00822. The number of carbonyl (C=O) groups is 1. The van der Waals surface area contributed by atoms with E-state index in [1.807, 2.05) is 0 Å². The maximum absolute atomic E-state index is 13.3. The minimum atomic E-state index is -4.26. The van der Waals surface area contributed by atoms with Gasteiger partial charge in [0.1, 0.15) is 34.5 Å². The van der Waals surface area contributed by atoms with E-state index < -0.39 is 20.5 Å². The summed E-state index contributed by atoms with van der Waals surface area (Å²) in [6, 6.07) is 5.01. The maximum atomic E-state index is 13.3. The van der Waals surface area contributed by atoms with Gasteiger partial charge in [-0.1, -0.05) is 0 Å².